The summed E-state index contributed by atoms with van der Waals surface area (Å²) in [5, 5.41) is 80.3. The summed E-state index contributed by atoms with van der Waals surface area (Å²) in [6, 6.07) is 93.0. The number of aryl methyl sites for hydroxylation is 6. The Morgan fingerprint density at radius 1 is 0.374 bits per heavy atom. The van der Waals surface area contributed by atoms with Gasteiger partial charge in [-0.25, -0.2) is 31.9 Å². The molecular formula is C116H104Cl2F2N18O8S. The lowest BCUT2D eigenvalue weighted by atomic mass is 10.0. The zero-order valence-electron chi connectivity index (χ0n) is 82.2. The molecule has 0 saturated heterocycles. The number of nitrogens with two attached hydrogens (primary N) is 2. The number of nitriles is 6. The highest BCUT2D eigenvalue weighted by molar-refractivity contribution is 7.89. The molecule has 8 N–H and O–H groups in total. The molecule has 12 aromatic carbocycles. The van der Waals surface area contributed by atoms with Crippen LogP contribution in [0.2, 0.25) is 10.0 Å². The highest BCUT2D eigenvalue weighted by atomic mass is 35.5. The summed E-state index contributed by atoms with van der Waals surface area (Å²) >= 11 is 12.3. The molecule has 19 rings (SSSR count). The fourth-order valence-electron chi connectivity index (χ4n) is 18.2. The lowest BCUT2D eigenvalue weighted by molar-refractivity contribution is 0.0944. The van der Waals surface area contributed by atoms with Crippen LogP contribution in [0.5, 0.6) is 0 Å². The number of halogens is 4. The molecular weight excluding hydrogens is 1910 g/mol. The maximum atomic E-state index is 13.6. The number of nitrogens with zero attached hydrogens (tertiary/aromatic N) is 12. The first-order valence-corrected chi connectivity index (χ1v) is 50.2. The van der Waals surface area contributed by atoms with Crippen molar-refractivity contribution in [2.24, 2.45) is 5.14 Å². The number of amides is 4. The van der Waals surface area contributed by atoms with Gasteiger partial charge >= 0.3 is 12.2 Å². The molecule has 147 heavy (non-hydrogen) atoms. The number of fused-ring (bicyclic) bond motifs is 6. The predicted octanol–water partition coefficient (Wildman–Crippen LogP) is 26.2. The maximum Gasteiger partial charge on any atom is 0.411 e. The lowest BCUT2D eigenvalue weighted by Gasteiger charge is -2.11. The minimum absolute atomic E-state index is 0.00467. The number of hydrogen-bond acceptors (Lipinski definition) is 15. The molecule has 740 valence electrons. The van der Waals surface area contributed by atoms with Crippen molar-refractivity contribution < 1.29 is 45.9 Å². The van der Waals surface area contributed by atoms with E-state index in [1.54, 1.807) is 67.6 Å². The molecule has 0 aliphatic heterocycles. The number of ether oxygens (including phenoxy) is 2. The van der Waals surface area contributed by atoms with Crippen LogP contribution >= 0.6 is 23.2 Å². The summed E-state index contributed by atoms with van der Waals surface area (Å²) < 4.78 is 72.3. The Morgan fingerprint density at radius 3 is 1.03 bits per heavy atom. The number of anilines is 3. The number of carbonyl (C=O) groups is 4. The van der Waals surface area contributed by atoms with Crippen molar-refractivity contribution in [2.75, 3.05) is 36.1 Å². The van der Waals surface area contributed by atoms with E-state index in [4.69, 9.17) is 43.5 Å². The largest absolute Gasteiger partial charge is 0.450 e. The Kier molecular flexibility index (Phi) is 34.1. The van der Waals surface area contributed by atoms with Crippen LogP contribution in [0.1, 0.15) is 136 Å². The maximum absolute atomic E-state index is 13.6. The third-order valence-electron chi connectivity index (χ3n) is 24.8. The number of carbonyl (C=O) groups excluding carboxylic acids is 4. The first-order valence-electron chi connectivity index (χ1n) is 47.9. The minimum atomic E-state index is -3.78. The summed E-state index contributed by atoms with van der Waals surface area (Å²) in [7, 11) is -3.78. The third-order valence-corrected chi connectivity index (χ3v) is 26.2. The molecule has 1 aliphatic carbocycles. The van der Waals surface area contributed by atoms with E-state index in [9.17, 15) is 67.9 Å². The van der Waals surface area contributed by atoms with Crippen LogP contribution in [0.25, 0.3) is 133 Å². The quantitative estimate of drug-likeness (QED) is 0.0343. The molecule has 0 unspecified atom stereocenters. The lowest BCUT2D eigenvalue weighted by Crippen LogP contribution is -2.25. The standard InChI is InChI=1S/C21H20ClN3O2.C21H19N3O.C20H18ClN3O2.C20H19N3O.C17H14FN3O2S.C17H14FN3/c1-3-10-27-21(26)24-16-7-5-6-14(11-16)20-18(13-23)17-12-15(22)8-9-19(17)25(20)4-2;1-2-24-19-6-4-3-5-17(19)18(13-22)20(24)14-7-9-15(10-8-14)21(25)23-16-11-12-16;1-3-24-18-9-8-14(21)11-16(18)17(12-22)19(24)13-6-5-7-15(10-13)23-20(25)26-4-2;1-3-22-20(24)15-11-9-14(10-12-15)19-17(13-21)16-7-5-6-8-18(16)23(19)4-2;1-2-21-16-8-5-12(18)9-14(16)15(10-19)17(21)11-3-6-13(7-4-11)24(20,22)23;1-2-21-16-8-5-12(18)9-14(16)15(10-19)17(21)11-3-6-13(20)7-4-11/h5-9,11-12H,3-4,10H2,1-2H3,(H,24,26);3-10,16H,2,11-12H2,1H3,(H,23,25);5-11H,3-4H2,1-2H3,(H,23,25);5-12H,3-4H2,1-2H3,(H,22,24);3-9H,2H2,1H3,(H2,20,22,23);3-9H,2,20H2,1H3. The van der Waals surface area contributed by atoms with Gasteiger partial charge in [-0.15, -0.1) is 0 Å². The number of nitrogen functional groups attached to an aromatic ring is 1. The summed E-state index contributed by atoms with van der Waals surface area (Å²) in [4.78, 5) is 47.6. The SMILES string of the molecule is CCCOC(=O)Nc1cccc(-c2c(C#N)c3cc(Cl)ccc3n2CC)c1.CCNC(=O)c1ccc(-c2c(C#N)c3ccccc3n2CC)cc1.CCOC(=O)Nc1cccc(-c2c(C#N)c3cc(Cl)ccc3n2CC)c1.CCn1c(-c2ccc(C(=O)NC3CC3)cc2)c(C#N)c2ccccc21.CCn1c(-c2ccc(N)cc2)c(C#N)c2cc(F)ccc21.CCn1c(-c2ccc(S(N)(=O)=O)cc2)c(C#N)c2cc(F)ccc21. The molecule has 6 heterocycles. The number of para-hydroxylation sites is 2. The van der Waals surface area contributed by atoms with Crippen molar-refractivity contribution >= 4 is 140 Å². The van der Waals surface area contributed by atoms with E-state index in [2.05, 4.69) is 89.8 Å². The van der Waals surface area contributed by atoms with Gasteiger partial charge in [-0.05, 0) is 255 Å². The van der Waals surface area contributed by atoms with Gasteiger partial charge in [0.15, 0.2) is 0 Å². The topological polar surface area (TPSA) is 393 Å². The molecule has 4 amide bonds. The smallest absolute Gasteiger partial charge is 0.411 e. The molecule has 0 spiro atoms. The molecule has 0 atom stereocenters. The first-order chi connectivity index (χ1) is 71.1. The fraction of sp³-hybridized carbons (Fsp3) is 0.190. The Morgan fingerprint density at radius 2 is 0.694 bits per heavy atom. The van der Waals surface area contributed by atoms with Crippen LogP contribution in [0.15, 0.2) is 272 Å². The zero-order valence-corrected chi connectivity index (χ0v) is 84.5. The van der Waals surface area contributed by atoms with Gasteiger partial charge in [0, 0.05) is 156 Å². The van der Waals surface area contributed by atoms with Gasteiger partial charge in [-0.1, -0.05) is 139 Å². The minimum Gasteiger partial charge on any atom is -0.450 e. The molecule has 0 bridgehead atoms. The van der Waals surface area contributed by atoms with E-state index in [-0.39, 0.29) is 22.5 Å². The molecule has 31 heteroatoms. The van der Waals surface area contributed by atoms with Gasteiger partial charge < -0.3 is 53.2 Å². The van der Waals surface area contributed by atoms with Crippen molar-refractivity contribution in [2.45, 2.75) is 132 Å². The number of aromatic nitrogens is 6. The average molecular weight is 2020 g/mol. The highest BCUT2D eigenvalue weighted by Gasteiger charge is 2.28. The van der Waals surface area contributed by atoms with Crippen LogP contribution < -0.4 is 32.1 Å². The number of nitrogens with one attached hydrogen (secondary N) is 4. The van der Waals surface area contributed by atoms with Gasteiger partial charge in [0.05, 0.1) is 96.7 Å². The van der Waals surface area contributed by atoms with E-state index in [0.717, 1.165) is 143 Å². The monoisotopic (exact) mass is 2020 g/mol. The number of sulfonamides is 1. The summed E-state index contributed by atoms with van der Waals surface area (Å²) in [5.41, 5.74) is 27.9. The van der Waals surface area contributed by atoms with Gasteiger partial charge in [0.2, 0.25) is 10.0 Å². The second-order valence-electron chi connectivity index (χ2n) is 33.9. The Hall–Kier alpha value is -17.6. The van der Waals surface area contributed by atoms with Crippen molar-refractivity contribution in [1.82, 2.24) is 38.0 Å². The predicted molar refractivity (Wildman–Crippen MR) is 577 cm³/mol. The van der Waals surface area contributed by atoms with E-state index >= 15 is 0 Å². The van der Waals surface area contributed by atoms with Crippen molar-refractivity contribution in [1.29, 1.82) is 31.6 Å². The molecule has 1 fully saturated rings. The van der Waals surface area contributed by atoms with Gasteiger partial charge in [-0.2, -0.15) is 31.6 Å². The van der Waals surface area contributed by atoms with Crippen molar-refractivity contribution in [3.63, 3.8) is 0 Å². The number of benzene rings is 12. The van der Waals surface area contributed by atoms with Crippen LogP contribution in [0.3, 0.4) is 0 Å². The highest BCUT2D eigenvalue weighted by Crippen LogP contribution is 2.43. The van der Waals surface area contributed by atoms with Gasteiger partial charge in [-0.3, -0.25) is 20.2 Å². The number of rotatable bonds is 22. The first kappa shape index (κ1) is 105. The molecule has 18 aromatic rings. The van der Waals surface area contributed by atoms with Crippen LogP contribution in [-0.4, -0.2) is 85.6 Å². The number of hydrogen-bond donors (Lipinski definition) is 6. The van der Waals surface area contributed by atoms with E-state index in [0.29, 0.717) is 146 Å². The Bertz CT molecular complexity index is 8450. The van der Waals surface area contributed by atoms with Crippen molar-refractivity contribution in [3.8, 4) is 104 Å². The van der Waals surface area contributed by atoms with E-state index < -0.39 is 28.0 Å². The van der Waals surface area contributed by atoms with Crippen LogP contribution in [-0.2, 0) is 58.8 Å². The van der Waals surface area contributed by atoms with Crippen LogP contribution in [0.4, 0.5) is 35.4 Å². The number of primary sulfonamides is 1. The molecule has 0 radical (unpaired) electrons. The molecule has 26 nitrogen and oxygen atoms in total. The van der Waals surface area contributed by atoms with Crippen molar-refractivity contribution in [3.05, 3.63) is 333 Å². The summed E-state index contributed by atoms with van der Waals surface area (Å²) in [5.74, 6) is -0.856. The summed E-state index contributed by atoms with van der Waals surface area (Å²) in [6.07, 6.45) is 1.92. The summed E-state index contributed by atoms with van der Waals surface area (Å²) in [6.45, 7) is 23.2. The second-order valence-corrected chi connectivity index (χ2v) is 36.3. The average Bonchev–Trinajstić information content (AvgIpc) is 1.61. The van der Waals surface area contributed by atoms with Gasteiger partial charge in [0.1, 0.15) is 48.0 Å². The van der Waals surface area contributed by atoms with Gasteiger partial charge in [0.25, 0.3) is 11.8 Å². The normalized spacial score (nSPS) is 11.3. The molecule has 1 aliphatic rings. The Labute approximate surface area is 859 Å². The second kappa shape index (κ2) is 47.6. The molecule has 1 saturated carbocycles. The zero-order chi connectivity index (χ0) is 105. The Balaban J connectivity index is 0.000000140. The molecule has 6 aromatic heterocycles. The third kappa shape index (κ3) is 22.9. The van der Waals surface area contributed by atoms with E-state index in [1.807, 2.05) is 221 Å². The van der Waals surface area contributed by atoms with Crippen LogP contribution in [0, 0.1) is 79.6 Å². The van der Waals surface area contributed by atoms with E-state index in [1.165, 1.54) is 36.4 Å². The fourth-order valence-corrected chi connectivity index (χ4v) is 19.1.